The Morgan fingerprint density at radius 2 is 1.83 bits per heavy atom. The van der Waals surface area contributed by atoms with Crippen LogP contribution >= 0.6 is 0 Å². The molecular formula is C28H35N3O4. The van der Waals surface area contributed by atoms with E-state index >= 15 is 0 Å². The van der Waals surface area contributed by atoms with Gasteiger partial charge in [0.1, 0.15) is 22.9 Å². The molecule has 0 aliphatic carbocycles. The average molecular weight is 478 g/mol. The SMILES string of the molecule is CCCCCOc1ccc(C2c3c(-c4ccccc4O)n[nH]c3C(=O)N2CCCOC(C)C)cc1. The van der Waals surface area contributed by atoms with Crippen molar-refractivity contribution in [1.29, 1.82) is 0 Å². The van der Waals surface area contributed by atoms with Gasteiger partial charge in [-0.05, 0) is 56.5 Å². The van der Waals surface area contributed by atoms with Crippen molar-refractivity contribution in [2.24, 2.45) is 0 Å². The topological polar surface area (TPSA) is 87.7 Å². The van der Waals surface area contributed by atoms with Gasteiger partial charge in [-0.1, -0.05) is 44.0 Å². The Balaban J connectivity index is 1.64. The molecule has 35 heavy (non-hydrogen) atoms. The number of H-pyrrole nitrogens is 1. The fourth-order valence-electron chi connectivity index (χ4n) is 4.50. The first-order valence-electron chi connectivity index (χ1n) is 12.5. The summed E-state index contributed by atoms with van der Waals surface area (Å²) in [5.41, 5.74) is 3.43. The van der Waals surface area contributed by atoms with E-state index in [4.69, 9.17) is 9.47 Å². The first-order chi connectivity index (χ1) is 17.0. The zero-order valence-electron chi connectivity index (χ0n) is 20.8. The Morgan fingerprint density at radius 3 is 2.54 bits per heavy atom. The molecule has 1 aliphatic rings. The molecule has 7 heteroatoms. The molecule has 0 saturated heterocycles. The number of amides is 1. The summed E-state index contributed by atoms with van der Waals surface area (Å²) in [4.78, 5) is 15.3. The molecule has 7 nitrogen and oxygen atoms in total. The van der Waals surface area contributed by atoms with E-state index in [0.29, 0.717) is 36.7 Å². The Hall–Kier alpha value is -3.32. The first kappa shape index (κ1) is 24.8. The van der Waals surface area contributed by atoms with Gasteiger partial charge in [0.15, 0.2) is 0 Å². The number of phenolic OH excluding ortho intramolecular Hbond substituents is 1. The van der Waals surface area contributed by atoms with Crippen molar-refractivity contribution < 1.29 is 19.4 Å². The fraction of sp³-hybridized carbons (Fsp3) is 0.429. The highest BCUT2D eigenvalue weighted by Crippen LogP contribution is 2.44. The minimum Gasteiger partial charge on any atom is -0.507 e. The molecule has 2 heterocycles. The van der Waals surface area contributed by atoms with Gasteiger partial charge in [-0.3, -0.25) is 9.89 Å². The smallest absolute Gasteiger partial charge is 0.273 e. The lowest BCUT2D eigenvalue weighted by Crippen LogP contribution is -2.31. The van der Waals surface area contributed by atoms with Crippen molar-refractivity contribution in [3.8, 4) is 22.8 Å². The highest BCUT2D eigenvalue weighted by Gasteiger charge is 2.42. The second-order valence-electron chi connectivity index (χ2n) is 9.18. The molecule has 0 bridgehead atoms. The number of unbranched alkanes of at least 4 members (excludes halogenated alkanes) is 2. The lowest BCUT2D eigenvalue weighted by Gasteiger charge is -2.26. The summed E-state index contributed by atoms with van der Waals surface area (Å²) in [5, 5.41) is 17.9. The second-order valence-corrected chi connectivity index (χ2v) is 9.18. The molecule has 4 rings (SSSR count). The maximum absolute atomic E-state index is 13.4. The zero-order chi connectivity index (χ0) is 24.8. The van der Waals surface area contributed by atoms with Gasteiger partial charge in [0.05, 0.1) is 18.8 Å². The number of rotatable bonds is 12. The summed E-state index contributed by atoms with van der Waals surface area (Å²) in [6.45, 7) is 8.01. The van der Waals surface area contributed by atoms with Crippen LogP contribution in [-0.2, 0) is 4.74 Å². The molecule has 3 aromatic rings. The monoisotopic (exact) mass is 477 g/mol. The van der Waals surface area contributed by atoms with Crippen LogP contribution in [0.2, 0.25) is 0 Å². The predicted octanol–water partition coefficient (Wildman–Crippen LogP) is 5.71. The van der Waals surface area contributed by atoms with Gasteiger partial charge in [-0.25, -0.2) is 0 Å². The van der Waals surface area contributed by atoms with Crippen molar-refractivity contribution in [2.75, 3.05) is 19.8 Å². The average Bonchev–Trinajstić information content (AvgIpc) is 3.39. The van der Waals surface area contributed by atoms with Crippen LogP contribution < -0.4 is 4.74 Å². The minimum atomic E-state index is -0.320. The summed E-state index contributed by atoms with van der Waals surface area (Å²) < 4.78 is 11.6. The number of ether oxygens (including phenoxy) is 2. The van der Waals surface area contributed by atoms with Gasteiger partial charge in [0.2, 0.25) is 0 Å². The lowest BCUT2D eigenvalue weighted by atomic mass is 9.95. The number of phenols is 1. The van der Waals surface area contributed by atoms with Gasteiger partial charge in [-0.2, -0.15) is 5.10 Å². The first-order valence-corrected chi connectivity index (χ1v) is 12.5. The molecule has 186 valence electrons. The van der Waals surface area contributed by atoms with Gasteiger partial charge >= 0.3 is 0 Å². The largest absolute Gasteiger partial charge is 0.507 e. The van der Waals surface area contributed by atoms with Crippen LogP contribution in [0, 0.1) is 0 Å². The summed E-state index contributed by atoms with van der Waals surface area (Å²) in [6, 6.07) is 14.7. The summed E-state index contributed by atoms with van der Waals surface area (Å²) in [7, 11) is 0. The van der Waals surface area contributed by atoms with Crippen LogP contribution in [0.3, 0.4) is 0 Å². The van der Waals surface area contributed by atoms with Crippen molar-refractivity contribution in [2.45, 2.75) is 58.6 Å². The van der Waals surface area contributed by atoms with E-state index in [1.165, 1.54) is 0 Å². The van der Waals surface area contributed by atoms with Crippen LogP contribution in [0.1, 0.15) is 74.1 Å². The van der Waals surface area contributed by atoms with Crippen LogP contribution in [0.15, 0.2) is 48.5 Å². The summed E-state index contributed by atoms with van der Waals surface area (Å²) in [6.07, 6.45) is 4.21. The fourth-order valence-corrected chi connectivity index (χ4v) is 4.50. The molecule has 1 aromatic heterocycles. The number of benzene rings is 2. The molecule has 1 amide bonds. The Morgan fingerprint density at radius 1 is 1.06 bits per heavy atom. The maximum atomic E-state index is 13.4. The predicted molar refractivity (Wildman–Crippen MR) is 136 cm³/mol. The number of fused-ring (bicyclic) bond motifs is 1. The highest BCUT2D eigenvalue weighted by molar-refractivity contribution is 6.00. The Bertz CT molecular complexity index is 1120. The normalized spacial score (nSPS) is 15.1. The number of hydrogen-bond acceptors (Lipinski definition) is 5. The minimum absolute atomic E-state index is 0.0939. The molecule has 0 fully saturated rings. The molecule has 1 unspecified atom stereocenters. The van der Waals surface area contributed by atoms with E-state index < -0.39 is 0 Å². The number of nitrogens with one attached hydrogen (secondary N) is 1. The van der Waals surface area contributed by atoms with Gasteiger partial charge in [-0.15, -0.1) is 0 Å². The summed E-state index contributed by atoms with van der Waals surface area (Å²) >= 11 is 0. The van der Waals surface area contributed by atoms with Crippen molar-refractivity contribution in [3.05, 3.63) is 65.4 Å². The van der Waals surface area contributed by atoms with E-state index in [1.54, 1.807) is 12.1 Å². The van der Waals surface area contributed by atoms with Crippen molar-refractivity contribution in [1.82, 2.24) is 15.1 Å². The second kappa shape index (κ2) is 11.4. The third-order valence-electron chi connectivity index (χ3n) is 6.23. The van der Waals surface area contributed by atoms with Crippen molar-refractivity contribution in [3.63, 3.8) is 0 Å². The van der Waals surface area contributed by atoms with E-state index in [9.17, 15) is 9.90 Å². The molecule has 1 atom stereocenters. The van der Waals surface area contributed by atoms with E-state index in [2.05, 4.69) is 17.1 Å². The number of carbonyl (C=O) groups is 1. The van der Waals surface area contributed by atoms with Gasteiger partial charge in [0.25, 0.3) is 5.91 Å². The third kappa shape index (κ3) is 5.51. The number of hydrogen-bond donors (Lipinski definition) is 2. The molecule has 0 radical (unpaired) electrons. The molecule has 0 saturated carbocycles. The molecular weight excluding hydrogens is 442 g/mol. The van der Waals surface area contributed by atoms with E-state index in [1.807, 2.05) is 55.1 Å². The van der Waals surface area contributed by atoms with Crippen LogP contribution in [-0.4, -0.2) is 52.0 Å². The molecule has 2 aromatic carbocycles. The van der Waals surface area contributed by atoms with Crippen LogP contribution in [0.4, 0.5) is 0 Å². The quantitative estimate of drug-likeness (QED) is 0.326. The van der Waals surface area contributed by atoms with Crippen LogP contribution in [0.5, 0.6) is 11.5 Å². The molecule has 2 N–H and O–H groups in total. The number of aromatic nitrogens is 2. The maximum Gasteiger partial charge on any atom is 0.273 e. The number of aromatic hydroxyl groups is 1. The molecule has 0 spiro atoms. The third-order valence-corrected chi connectivity index (χ3v) is 6.23. The van der Waals surface area contributed by atoms with E-state index in [0.717, 1.165) is 42.6 Å². The van der Waals surface area contributed by atoms with E-state index in [-0.39, 0.29) is 23.8 Å². The lowest BCUT2D eigenvalue weighted by molar-refractivity contribution is 0.0601. The standard InChI is InChI=1S/C28H35N3O4/c1-4-5-8-17-35-21-14-12-20(13-15-21)27-24-25(22-10-6-7-11-23(22)32)29-30-26(24)28(33)31(27)16-9-18-34-19(2)3/h6-7,10-15,19,27,32H,4-5,8-9,16-18H2,1-3H3,(H,29,30). The summed E-state index contributed by atoms with van der Waals surface area (Å²) in [5.74, 6) is 0.857. The van der Waals surface area contributed by atoms with Crippen molar-refractivity contribution >= 4 is 5.91 Å². The van der Waals surface area contributed by atoms with Gasteiger partial charge < -0.3 is 19.5 Å². The number of aromatic amines is 1. The highest BCUT2D eigenvalue weighted by atomic mass is 16.5. The van der Waals surface area contributed by atoms with Crippen LogP contribution in [0.25, 0.3) is 11.3 Å². The number of para-hydroxylation sites is 1. The Kier molecular flexibility index (Phi) is 8.08. The van der Waals surface area contributed by atoms with Gasteiger partial charge in [0, 0.05) is 24.3 Å². The molecule has 1 aliphatic heterocycles. The Labute approximate surface area is 207 Å². The zero-order valence-corrected chi connectivity index (χ0v) is 20.8. The number of carbonyl (C=O) groups excluding carboxylic acids is 1. The number of nitrogens with zero attached hydrogens (tertiary/aromatic N) is 2.